The molecule has 0 aliphatic heterocycles. The van der Waals surface area contributed by atoms with Crippen LogP contribution in [0.15, 0.2) is 60.3 Å². The number of hydrogen-bond acceptors (Lipinski definition) is 6. The first-order valence-electron chi connectivity index (χ1n) is 8.68. The van der Waals surface area contributed by atoms with Crippen molar-refractivity contribution >= 4 is 17.6 Å². The summed E-state index contributed by atoms with van der Waals surface area (Å²) in [4.78, 5) is 24.4. The lowest BCUT2D eigenvalue weighted by atomic mass is 10.1. The van der Waals surface area contributed by atoms with Gasteiger partial charge in [0.2, 0.25) is 0 Å². The zero-order valence-electron chi connectivity index (χ0n) is 15.4. The number of esters is 1. The highest BCUT2D eigenvalue weighted by Gasteiger charge is 2.16. The molecule has 0 heterocycles. The van der Waals surface area contributed by atoms with Crippen molar-refractivity contribution in [1.29, 1.82) is 5.26 Å². The van der Waals surface area contributed by atoms with Gasteiger partial charge in [-0.05, 0) is 30.2 Å². The summed E-state index contributed by atoms with van der Waals surface area (Å²) in [5.41, 5.74) is 2.08. The van der Waals surface area contributed by atoms with Crippen LogP contribution in [0.3, 0.4) is 0 Å². The molecule has 0 saturated carbocycles. The summed E-state index contributed by atoms with van der Waals surface area (Å²) in [6.45, 7) is 2.29. The van der Waals surface area contributed by atoms with Gasteiger partial charge in [0.15, 0.2) is 0 Å². The van der Waals surface area contributed by atoms with E-state index in [0.29, 0.717) is 6.54 Å². The maximum absolute atomic E-state index is 12.4. The summed E-state index contributed by atoms with van der Waals surface area (Å²) < 4.78 is 4.97. The Morgan fingerprint density at radius 3 is 2.46 bits per heavy atom. The van der Waals surface area contributed by atoms with Crippen molar-refractivity contribution in [3.8, 4) is 6.07 Å². The van der Waals surface area contributed by atoms with Crippen molar-refractivity contribution in [2.75, 3.05) is 11.9 Å². The summed E-state index contributed by atoms with van der Waals surface area (Å²) in [7, 11) is 0. The van der Waals surface area contributed by atoms with Crippen LogP contribution in [0, 0.1) is 11.3 Å². The highest BCUT2D eigenvalue weighted by Crippen LogP contribution is 2.17. The number of nitriles is 1. The molecule has 0 aliphatic carbocycles. The Bertz CT molecular complexity index is 899. The van der Waals surface area contributed by atoms with Crippen LogP contribution >= 0.6 is 0 Å². The number of carbonyl (C=O) groups is 2. The molecular formula is C21H21N3O4. The van der Waals surface area contributed by atoms with Crippen molar-refractivity contribution in [2.45, 2.75) is 20.1 Å². The third-order valence-corrected chi connectivity index (χ3v) is 3.79. The van der Waals surface area contributed by atoms with Gasteiger partial charge in [-0.15, -0.1) is 0 Å². The molecule has 0 fully saturated rings. The smallest absolute Gasteiger partial charge is 0.340 e. The van der Waals surface area contributed by atoms with E-state index in [1.165, 1.54) is 12.3 Å². The molecule has 144 valence electrons. The molecule has 0 aromatic heterocycles. The fourth-order valence-corrected chi connectivity index (χ4v) is 2.35. The summed E-state index contributed by atoms with van der Waals surface area (Å²) in [6, 6.07) is 15.5. The van der Waals surface area contributed by atoms with Gasteiger partial charge in [0.1, 0.15) is 11.6 Å². The highest BCUT2D eigenvalue weighted by atomic mass is 16.5. The fourth-order valence-electron chi connectivity index (χ4n) is 2.35. The van der Waals surface area contributed by atoms with Gasteiger partial charge in [-0.1, -0.05) is 36.4 Å². The standard InChI is InChI=1S/C21H21N3O4/c1-2-28-21(27)18-5-3-4-6-19(18)24-20(26)17(11-22)13-23-12-15-7-9-16(14-25)10-8-15/h3-10,13,23,25H,2,12,14H2,1H3,(H,24,26)/b17-13-. The van der Waals surface area contributed by atoms with Crippen LogP contribution in [0.5, 0.6) is 0 Å². The van der Waals surface area contributed by atoms with Crippen LogP contribution in [0.2, 0.25) is 0 Å². The predicted octanol–water partition coefficient (Wildman–Crippen LogP) is 2.49. The number of rotatable bonds is 8. The van der Waals surface area contributed by atoms with E-state index < -0.39 is 11.9 Å². The molecule has 7 nitrogen and oxygen atoms in total. The normalized spacial score (nSPS) is 10.7. The van der Waals surface area contributed by atoms with E-state index in [-0.39, 0.29) is 30.0 Å². The molecule has 0 radical (unpaired) electrons. The van der Waals surface area contributed by atoms with Crippen molar-refractivity contribution in [3.63, 3.8) is 0 Å². The Morgan fingerprint density at radius 1 is 1.14 bits per heavy atom. The van der Waals surface area contributed by atoms with E-state index in [4.69, 9.17) is 9.84 Å². The zero-order chi connectivity index (χ0) is 20.4. The van der Waals surface area contributed by atoms with Crippen LogP contribution in [-0.4, -0.2) is 23.6 Å². The minimum absolute atomic E-state index is 0.0281. The van der Waals surface area contributed by atoms with E-state index in [1.807, 2.05) is 18.2 Å². The Morgan fingerprint density at radius 2 is 1.82 bits per heavy atom. The summed E-state index contributed by atoms with van der Waals surface area (Å²) in [6.07, 6.45) is 1.32. The maximum Gasteiger partial charge on any atom is 0.340 e. The maximum atomic E-state index is 12.4. The molecule has 0 atom stereocenters. The van der Waals surface area contributed by atoms with Crippen molar-refractivity contribution in [1.82, 2.24) is 5.32 Å². The second-order valence-corrected chi connectivity index (χ2v) is 5.75. The number of amides is 1. The van der Waals surface area contributed by atoms with Crippen molar-refractivity contribution < 1.29 is 19.4 Å². The molecule has 2 aromatic rings. The third-order valence-electron chi connectivity index (χ3n) is 3.79. The molecule has 7 heteroatoms. The first-order valence-corrected chi connectivity index (χ1v) is 8.68. The molecule has 28 heavy (non-hydrogen) atoms. The van der Waals surface area contributed by atoms with Gasteiger partial charge < -0.3 is 20.5 Å². The fraction of sp³-hybridized carbons (Fsp3) is 0.190. The van der Waals surface area contributed by atoms with Crippen molar-refractivity contribution in [2.24, 2.45) is 0 Å². The molecular weight excluding hydrogens is 358 g/mol. The molecule has 0 unspecified atom stereocenters. The molecule has 3 N–H and O–H groups in total. The molecule has 0 bridgehead atoms. The number of anilines is 1. The lowest BCUT2D eigenvalue weighted by molar-refractivity contribution is -0.112. The Hall–Kier alpha value is -3.63. The lowest BCUT2D eigenvalue weighted by Gasteiger charge is -2.10. The Kier molecular flexibility index (Phi) is 7.76. The molecule has 1 amide bonds. The van der Waals surface area contributed by atoms with Crippen LogP contribution < -0.4 is 10.6 Å². The summed E-state index contributed by atoms with van der Waals surface area (Å²) in [5.74, 6) is -1.19. The van der Waals surface area contributed by atoms with Crippen LogP contribution in [0.1, 0.15) is 28.4 Å². The minimum atomic E-state index is -0.637. The van der Waals surface area contributed by atoms with Gasteiger partial charge in [0.05, 0.1) is 24.5 Å². The lowest BCUT2D eigenvalue weighted by Crippen LogP contribution is -2.19. The Balaban J connectivity index is 2.04. The van der Waals surface area contributed by atoms with E-state index in [1.54, 1.807) is 37.3 Å². The molecule has 2 aromatic carbocycles. The highest BCUT2D eigenvalue weighted by molar-refractivity contribution is 6.09. The quantitative estimate of drug-likeness (QED) is 0.369. The zero-order valence-corrected chi connectivity index (χ0v) is 15.4. The van der Waals surface area contributed by atoms with E-state index in [9.17, 15) is 14.9 Å². The third kappa shape index (κ3) is 5.69. The Labute approximate surface area is 163 Å². The van der Waals surface area contributed by atoms with E-state index in [2.05, 4.69) is 10.6 Å². The number of benzene rings is 2. The second-order valence-electron chi connectivity index (χ2n) is 5.75. The number of aliphatic hydroxyl groups excluding tert-OH is 1. The van der Waals surface area contributed by atoms with Gasteiger partial charge in [0.25, 0.3) is 5.91 Å². The number of aliphatic hydroxyl groups is 1. The van der Waals surface area contributed by atoms with Crippen LogP contribution in [-0.2, 0) is 22.7 Å². The number of nitrogens with zero attached hydrogens (tertiary/aromatic N) is 1. The van der Waals surface area contributed by atoms with Crippen molar-refractivity contribution in [3.05, 3.63) is 77.0 Å². The SMILES string of the molecule is CCOC(=O)c1ccccc1NC(=O)/C(C#N)=C\NCc1ccc(CO)cc1. The first-order chi connectivity index (χ1) is 13.6. The molecule has 0 aliphatic rings. The monoisotopic (exact) mass is 379 g/mol. The topological polar surface area (TPSA) is 111 Å². The van der Waals surface area contributed by atoms with E-state index >= 15 is 0 Å². The molecule has 2 rings (SSSR count). The number of nitrogens with one attached hydrogen (secondary N) is 2. The van der Waals surface area contributed by atoms with Crippen LogP contribution in [0.25, 0.3) is 0 Å². The number of para-hydroxylation sites is 1. The average molecular weight is 379 g/mol. The number of hydrogen-bond donors (Lipinski definition) is 3. The second kappa shape index (κ2) is 10.5. The van der Waals surface area contributed by atoms with Crippen LogP contribution in [0.4, 0.5) is 5.69 Å². The van der Waals surface area contributed by atoms with Gasteiger partial charge in [0, 0.05) is 12.7 Å². The summed E-state index contributed by atoms with van der Waals surface area (Å²) >= 11 is 0. The number of carbonyl (C=O) groups excluding carboxylic acids is 2. The summed E-state index contributed by atoms with van der Waals surface area (Å²) in [5, 5.41) is 23.8. The number of ether oxygens (including phenoxy) is 1. The minimum Gasteiger partial charge on any atom is -0.462 e. The van der Waals surface area contributed by atoms with Gasteiger partial charge >= 0.3 is 5.97 Å². The largest absolute Gasteiger partial charge is 0.462 e. The molecule has 0 spiro atoms. The van der Waals surface area contributed by atoms with Gasteiger partial charge in [-0.3, -0.25) is 4.79 Å². The van der Waals surface area contributed by atoms with Gasteiger partial charge in [-0.25, -0.2) is 4.79 Å². The predicted molar refractivity (Wildman–Crippen MR) is 104 cm³/mol. The molecule has 0 saturated heterocycles. The average Bonchev–Trinajstić information content (AvgIpc) is 2.72. The first kappa shape index (κ1) is 20.7. The van der Waals surface area contributed by atoms with Gasteiger partial charge in [-0.2, -0.15) is 5.26 Å². The van der Waals surface area contributed by atoms with E-state index in [0.717, 1.165) is 11.1 Å².